The summed E-state index contributed by atoms with van der Waals surface area (Å²) in [7, 11) is 0. The molecule has 2 unspecified atom stereocenters. The van der Waals surface area contributed by atoms with Crippen LogP contribution in [-0.2, 0) is 9.47 Å². The van der Waals surface area contributed by atoms with Crippen LogP contribution < -0.4 is 0 Å². The van der Waals surface area contributed by atoms with Crippen molar-refractivity contribution < 1.29 is 14.3 Å². The molecular weight excluding hydrogens is 482 g/mol. The summed E-state index contributed by atoms with van der Waals surface area (Å²) in [5.41, 5.74) is 0. The van der Waals surface area contributed by atoms with E-state index in [9.17, 15) is 4.79 Å². The largest absolute Gasteiger partial charge is 0.510 e. The number of carbonyl (C=O) groups excluding carboxylic acids is 1. The first-order valence-corrected chi connectivity index (χ1v) is 10.1. The fraction of sp³-hybridized carbons (Fsp3) is 0.933. The molecule has 2 atom stereocenters. The number of rotatable bonds is 10. The van der Waals surface area contributed by atoms with Gasteiger partial charge in [0.1, 0.15) is 0 Å². The van der Waals surface area contributed by atoms with Gasteiger partial charge in [0.25, 0.3) is 0 Å². The zero-order valence-electron chi connectivity index (χ0n) is 13.0. The maximum Gasteiger partial charge on any atom is 0.510 e. The molecule has 120 valence electrons. The van der Waals surface area contributed by atoms with Crippen LogP contribution in [0.2, 0.25) is 0 Å². The van der Waals surface area contributed by atoms with E-state index in [4.69, 9.17) is 9.47 Å². The van der Waals surface area contributed by atoms with Crippen molar-refractivity contribution >= 4 is 51.3 Å². The first kappa shape index (κ1) is 20.7. The van der Waals surface area contributed by atoms with E-state index in [2.05, 4.69) is 72.9 Å². The van der Waals surface area contributed by atoms with E-state index in [1.807, 2.05) is 0 Å². The zero-order chi connectivity index (χ0) is 15.5. The fourth-order valence-corrected chi connectivity index (χ4v) is 3.95. The van der Waals surface area contributed by atoms with Gasteiger partial charge in [0.05, 0.1) is 0 Å². The van der Waals surface area contributed by atoms with Crippen LogP contribution in [0.5, 0.6) is 0 Å². The van der Waals surface area contributed by atoms with Crippen LogP contribution in [0, 0.1) is 11.8 Å². The second kappa shape index (κ2) is 12.3. The molecule has 0 aliphatic heterocycles. The van der Waals surface area contributed by atoms with Gasteiger partial charge in [0, 0.05) is 0 Å². The Morgan fingerprint density at radius 3 is 1.35 bits per heavy atom. The monoisotopic (exact) mass is 510 g/mol. The lowest BCUT2D eigenvalue weighted by atomic mass is 10.0. The fourth-order valence-electron chi connectivity index (χ4n) is 2.10. The molecule has 0 bridgehead atoms. The summed E-state index contributed by atoms with van der Waals surface area (Å²) in [4.78, 5) is 11.7. The van der Waals surface area contributed by atoms with Crippen LogP contribution in [0.15, 0.2) is 0 Å². The smallest absolute Gasteiger partial charge is 0.420 e. The second-order valence-electron chi connectivity index (χ2n) is 5.14. The Kier molecular flexibility index (Phi) is 12.7. The van der Waals surface area contributed by atoms with Crippen LogP contribution >= 0.6 is 45.2 Å². The molecule has 0 saturated carbocycles. The third-order valence-electron chi connectivity index (χ3n) is 3.79. The molecule has 0 amide bonds. The van der Waals surface area contributed by atoms with Crippen LogP contribution in [-0.4, -0.2) is 14.4 Å². The minimum absolute atomic E-state index is 0.0956. The molecule has 5 heteroatoms. The molecule has 0 saturated heterocycles. The molecule has 0 radical (unpaired) electrons. The van der Waals surface area contributed by atoms with Crippen molar-refractivity contribution in [1.29, 1.82) is 0 Å². The molecular formula is C15H28I2O3. The molecule has 0 aromatic heterocycles. The maximum absolute atomic E-state index is 11.7. The van der Waals surface area contributed by atoms with E-state index in [0.29, 0.717) is 11.8 Å². The minimum Gasteiger partial charge on any atom is -0.420 e. The van der Waals surface area contributed by atoms with Crippen molar-refractivity contribution in [2.24, 2.45) is 11.8 Å². The number of halogens is 2. The molecule has 0 aliphatic carbocycles. The van der Waals surface area contributed by atoms with Gasteiger partial charge >= 0.3 is 6.16 Å². The molecule has 0 rings (SSSR count). The molecule has 0 aromatic carbocycles. The number of hydrogen-bond donors (Lipinski definition) is 0. The Balaban J connectivity index is 4.02. The topological polar surface area (TPSA) is 35.5 Å². The highest BCUT2D eigenvalue weighted by molar-refractivity contribution is 14.1. The van der Waals surface area contributed by atoms with E-state index in [-0.39, 0.29) is 8.22 Å². The van der Waals surface area contributed by atoms with Gasteiger partial charge in [-0.15, -0.1) is 0 Å². The summed E-state index contributed by atoms with van der Waals surface area (Å²) in [6.45, 7) is 8.69. The second-order valence-corrected chi connectivity index (χ2v) is 7.92. The van der Waals surface area contributed by atoms with Gasteiger partial charge in [0.2, 0.25) is 0 Å². The van der Waals surface area contributed by atoms with Gasteiger partial charge in [-0.25, -0.2) is 4.79 Å². The predicted molar refractivity (Wildman–Crippen MR) is 101 cm³/mol. The summed E-state index contributed by atoms with van der Waals surface area (Å²) in [6.07, 6.45) is 5.77. The van der Waals surface area contributed by atoms with E-state index >= 15 is 0 Å². The van der Waals surface area contributed by atoms with E-state index in [1.54, 1.807) is 0 Å². The Hall–Kier alpha value is 0.730. The summed E-state index contributed by atoms with van der Waals surface area (Å²) in [6, 6.07) is 0. The predicted octanol–water partition coefficient (Wildman–Crippen LogP) is 6.31. The summed E-state index contributed by atoms with van der Waals surface area (Å²) < 4.78 is 10.5. The summed E-state index contributed by atoms with van der Waals surface area (Å²) >= 11 is 4.36. The minimum atomic E-state index is -0.527. The van der Waals surface area contributed by atoms with Crippen molar-refractivity contribution in [3.05, 3.63) is 0 Å². The highest BCUT2D eigenvalue weighted by Gasteiger charge is 2.20. The Morgan fingerprint density at radius 1 is 0.800 bits per heavy atom. The molecule has 0 heterocycles. The molecule has 3 nitrogen and oxygen atoms in total. The SMILES string of the molecule is CCC(CC)CC(I)OC(=O)OC(I)CC(CC)CC. The average molecular weight is 510 g/mol. The average Bonchev–Trinajstić information content (AvgIpc) is 2.41. The molecule has 0 N–H and O–H groups in total. The molecule has 0 aromatic rings. The van der Waals surface area contributed by atoms with Gasteiger partial charge in [0.15, 0.2) is 8.22 Å². The van der Waals surface area contributed by atoms with Crippen molar-refractivity contribution in [1.82, 2.24) is 0 Å². The molecule has 0 aliphatic rings. The maximum atomic E-state index is 11.7. The van der Waals surface area contributed by atoms with Crippen molar-refractivity contribution in [3.63, 3.8) is 0 Å². The van der Waals surface area contributed by atoms with Crippen molar-refractivity contribution in [2.75, 3.05) is 0 Å². The number of alkyl halides is 2. The van der Waals surface area contributed by atoms with Crippen LogP contribution in [0.4, 0.5) is 4.79 Å². The standard InChI is InChI=1S/C15H28I2O3/c1-5-11(6-2)9-13(16)19-15(18)20-14(17)10-12(7-3)8-4/h11-14H,5-10H2,1-4H3. The van der Waals surface area contributed by atoms with Crippen molar-refractivity contribution in [3.8, 4) is 0 Å². The van der Waals surface area contributed by atoms with Gasteiger partial charge in [-0.05, 0) is 69.9 Å². The van der Waals surface area contributed by atoms with Crippen molar-refractivity contribution in [2.45, 2.75) is 74.4 Å². The van der Waals surface area contributed by atoms with Crippen LogP contribution in [0.1, 0.15) is 66.2 Å². The number of carbonyl (C=O) groups is 1. The lowest BCUT2D eigenvalue weighted by Gasteiger charge is -2.20. The zero-order valence-corrected chi connectivity index (χ0v) is 17.3. The first-order chi connectivity index (χ1) is 9.46. The quantitative estimate of drug-likeness (QED) is 0.196. The number of hydrogen-bond acceptors (Lipinski definition) is 3. The van der Waals surface area contributed by atoms with Gasteiger partial charge in [-0.2, -0.15) is 0 Å². The third kappa shape index (κ3) is 9.63. The van der Waals surface area contributed by atoms with Gasteiger partial charge in [-0.1, -0.05) is 53.4 Å². The first-order valence-electron chi connectivity index (χ1n) is 7.61. The van der Waals surface area contributed by atoms with E-state index in [0.717, 1.165) is 38.5 Å². The lowest BCUT2D eigenvalue weighted by Crippen LogP contribution is -2.21. The highest BCUT2D eigenvalue weighted by Crippen LogP contribution is 2.24. The third-order valence-corrected chi connectivity index (χ3v) is 5.32. The number of ether oxygens (including phenoxy) is 2. The molecule has 0 spiro atoms. The van der Waals surface area contributed by atoms with Crippen LogP contribution in [0.3, 0.4) is 0 Å². The highest BCUT2D eigenvalue weighted by atomic mass is 127. The van der Waals surface area contributed by atoms with Gasteiger partial charge in [-0.3, -0.25) is 0 Å². The molecule has 0 fully saturated rings. The van der Waals surface area contributed by atoms with E-state index in [1.165, 1.54) is 0 Å². The van der Waals surface area contributed by atoms with Gasteiger partial charge < -0.3 is 9.47 Å². The lowest BCUT2D eigenvalue weighted by molar-refractivity contribution is 0.0376. The molecule has 20 heavy (non-hydrogen) atoms. The summed E-state index contributed by atoms with van der Waals surface area (Å²) in [5, 5.41) is 0. The Bertz CT molecular complexity index is 230. The normalized spacial score (nSPS) is 14.4. The Morgan fingerprint density at radius 2 is 1.10 bits per heavy atom. The Labute approximate surface area is 151 Å². The van der Waals surface area contributed by atoms with E-state index < -0.39 is 6.16 Å². The van der Waals surface area contributed by atoms with Crippen LogP contribution in [0.25, 0.3) is 0 Å². The summed E-state index contributed by atoms with van der Waals surface area (Å²) in [5.74, 6) is 1.23.